The van der Waals surface area contributed by atoms with Gasteiger partial charge in [0.05, 0.1) is 32.0 Å². The van der Waals surface area contributed by atoms with Gasteiger partial charge in [0.15, 0.2) is 61.5 Å². The van der Waals surface area contributed by atoms with Gasteiger partial charge in [0.1, 0.15) is 30.5 Å². The number of ether oxygens (including phenoxy) is 2. The number of carbonyl (C=O) groups excluding carboxylic acids is 1. The molecule has 2 aliphatic rings. The molecule has 6 heterocycles. The molecule has 0 aliphatic carbocycles. The Labute approximate surface area is 364 Å². The second kappa shape index (κ2) is 18.9. The number of fused-ring (bicyclic) bond motifs is 2. The van der Waals surface area contributed by atoms with E-state index >= 15 is 0 Å². The van der Waals surface area contributed by atoms with Crippen molar-refractivity contribution in [1.82, 2.24) is 39.0 Å². The topological polar surface area (TPSA) is 249 Å². The molecule has 2 saturated heterocycles. The van der Waals surface area contributed by atoms with Crippen LogP contribution >= 0.6 is 14.7 Å². The highest BCUT2D eigenvalue weighted by molar-refractivity contribution is 8.09. The van der Waals surface area contributed by atoms with Crippen molar-refractivity contribution < 1.29 is 46.8 Å². The molecule has 7 rings (SSSR count). The van der Waals surface area contributed by atoms with Crippen LogP contribution in [0.4, 0.5) is 5.82 Å². The minimum absolute atomic E-state index is 0.108. The highest BCUT2D eigenvalue weighted by atomic mass is 32.5. The van der Waals surface area contributed by atoms with E-state index in [2.05, 4.69) is 68.8 Å². The number of imidazole rings is 2. The summed E-state index contributed by atoms with van der Waals surface area (Å²) < 4.78 is 54.1. The molecule has 4 aromatic heterocycles. The summed E-state index contributed by atoms with van der Waals surface area (Å²) in [6.45, 7) is 11.6. The molecule has 62 heavy (non-hydrogen) atoms. The summed E-state index contributed by atoms with van der Waals surface area (Å²) in [6, 6.07) is 8.65. The first-order valence-corrected chi connectivity index (χ1v) is 26.5. The molecule has 10 atom stereocenters. The lowest BCUT2D eigenvalue weighted by Gasteiger charge is -2.40. The van der Waals surface area contributed by atoms with E-state index in [1.54, 1.807) is 53.1 Å². The number of aromatic amines is 1. The number of nitrogens with one attached hydrogen (secondary N) is 2. The van der Waals surface area contributed by atoms with Crippen molar-refractivity contribution in [3.05, 3.63) is 71.1 Å². The maximum atomic E-state index is 13.1. The molecule has 5 aromatic rings. The first-order chi connectivity index (χ1) is 29.3. The normalized spacial score (nSPS) is 25.3. The van der Waals surface area contributed by atoms with Gasteiger partial charge in [-0.2, -0.15) is 0 Å². The Kier molecular flexibility index (Phi) is 14.4. The van der Waals surface area contributed by atoms with Crippen LogP contribution < -0.4 is 10.9 Å². The molecule has 2 fully saturated rings. The Balaban J connectivity index is 0.00000316. The fraction of sp³-hybridized carbons (Fsp3) is 0.500. The lowest BCUT2D eigenvalue weighted by atomic mass is 10.0. The van der Waals surface area contributed by atoms with Crippen LogP contribution in [0.25, 0.3) is 22.3 Å². The average Bonchev–Trinajstić information content (AvgIpc) is 3.99. The highest BCUT2D eigenvalue weighted by Crippen LogP contribution is 2.53. The van der Waals surface area contributed by atoms with E-state index in [9.17, 15) is 24.2 Å². The minimum atomic E-state index is -3.23. The van der Waals surface area contributed by atoms with Crippen molar-refractivity contribution in [3.8, 4) is 12.8 Å². The first kappa shape index (κ1) is 47.3. The molecule has 0 bridgehead atoms. The molecule has 1 aromatic carbocycles. The molecular weight excluding hydrogens is 881 g/mol. The number of aromatic nitrogens is 8. The van der Waals surface area contributed by atoms with Gasteiger partial charge in [-0.15, -0.1) is 22.3 Å². The van der Waals surface area contributed by atoms with Crippen molar-refractivity contribution >= 4 is 68.9 Å². The smallest absolute Gasteiger partial charge is 0.406 e. The second-order valence-electron chi connectivity index (χ2n) is 16.3. The van der Waals surface area contributed by atoms with Crippen LogP contribution in [0.15, 0.2) is 54.1 Å². The van der Waals surface area contributed by atoms with Gasteiger partial charge in [-0.1, -0.05) is 45.9 Å². The molecule has 4 N–H and O–H groups in total. The molecule has 2 aliphatic heterocycles. The predicted molar refractivity (Wildman–Crippen MR) is 234 cm³/mol. The number of aliphatic hydroxyl groups excluding tert-OH is 1. The number of aliphatic hydroxyl groups is 1. The van der Waals surface area contributed by atoms with E-state index in [1.165, 1.54) is 19.0 Å². The number of terminal acetylenes is 1. The molecule has 332 valence electrons. The number of amides is 1. The zero-order valence-electron chi connectivity index (χ0n) is 35.3. The molecule has 20 nitrogen and oxygen atoms in total. The number of H-pyrrole nitrogens is 1. The van der Waals surface area contributed by atoms with E-state index in [4.69, 9.17) is 39.3 Å². The summed E-state index contributed by atoms with van der Waals surface area (Å²) in [4.78, 5) is 60.6. The highest BCUT2D eigenvalue weighted by Gasteiger charge is 2.55. The number of anilines is 1. The number of benzene rings is 1. The standard InChI is InChI=1S/C36H47N9O11P2SSi.C2H2/c1-19-22(14-46)52-34(45-18-40-25-31(45)41-20(2)42-33(25)48)26(19)55-58(6,59)51-15-23-27(54-57(49)50)28(56-60(7,8)36(3,4)5)35(53-23)44-17-39-24-29(37-16-38-30(24)44)43-32(47)21-12-10-9-11-13-21;1-2/h9-13,16-19,22-23,26-28,34-35,46H,14-15H2,1-8H3,(H2-,37,38,41,42,43,47,48,49,50);1-2H/p+1/t19?,22-,23-,26+,27?,28+,34-,35-,58?;/m1./s1. The number of aryl methyl sites for hydroxylation is 1. The Morgan fingerprint density at radius 2 is 1.65 bits per heavy atom. The Bertz CT molecular complexity index is 2550. The molecule has 1 amide bonds. The largest absolute Gasteiger partial charge is 0.695 e. The quantitative estimate of drug-likeness (QED) is 0.0653. The van der Waals surface area contributed by atoms with E-state index < -0.39 is 83.4 Å². The number of hydrogen-bond donors (Lipinski definition) is 4. The van der Waals surface area contributed by atoms with Crippen LogP contribution in [-0.2, 0) is 43.8 Å². The zero-order chi connectivity index (χ0) is 45.3. The third-order valence-corrected chi connectivity index (χ3v) is 17.8. The van der Waals surface area contributed by atoms with Crippen molar-refractivity contribution in [3.63, 3.8) is 0 Å². The van der Waals surface area contributed by atoms with Gasteiger partial charge in [0.2, 0.25) is 0 Å². The summed E-state index contributed by atoms with van der Waals surface area (Å²) in [5.41, 5.74) is 0.939. The van der Waals surface area contributed by atoms with Crippen LogP contribution in [0.3, 0.4) is 0 Å². The number of rotatable bonds is 14. The van der Waals surface area contributed by atoms with Crippen molar-refractivity contribution in [2.75, 3.05) is 25.2 Å². The summed E-state index contributed by atoms with van der Waals surface area (Å²) in [6.07, 6.45) is 5.67. The van der Waals surface area contributed by atoms with Crippen LogP contribution in [0.5, 0.6) is 0 Å². The maximum Gasteiger partial charge on any atom is 0.695 e. The van der Waals surface area contributed by atoms with E-state index in [0.29, 0.717) is 17.0 Å². The number of hydrogen-bond acceptors (Lipinski definition) is 16. The molecular formula is C38H50N9O11P2SSi+. The van der Waals surface area contributed by atoms with E-state index in [-0.39, 0.29) is 40.8 Å². The summed E-state index contributed by atoms with van der Waals surface area (Å²) >= 11 is 5.97. The monoisotopic (exact) mass is 930 g/mol. The maximum absolute atomic E-state index is 13.1. The van der Waals surface area contributed by atoms with Crippen molar-refractivity contribution in [1.29, 1.82) is 0 Å². The number of nitrogens with zero attached hydrogens (tertiary/aromatic N) is 7. The molecule has 0 radical (unpaired) electrons. The van der Waals surface area contributed by atoms with Gasteiger partial charge in [-0.3, -0.25) is 18.7 Å². The van der Waals surface area contributed by atoms with Gasteiger partial charge in [0, 0.05) is 22.7 Å². The third-order valence-electron chi connectivity index (χ3n) is 11.1. The molecule has 24 heteroatoms. The fourth-order valence-corrected chi connectivity index (χ4v) is 10.4. The van der Waals surface area contributed by atoms with Crippen LogP contribution in [0.1, 0.15) is 56.3 Å². The number of carbonyl (C=O) groups is 1. The van der Waals surface area contributed by atoms with Gasteiger partial charge in [0.25, 0.3) is 11.5 Å². The van der Waals surface area contributed by atoms with Gasteiger partial charge < -0.3 is 38.4 Å². The lowest BCUT2D eigenvalue weighted by molar-refractivity contribution is -0.0521. The lowest BCUT2D eigenvalue weighted by Crippen LogP contribution is -2.49. The Hall–Kier alpha value is -4.20. The predicted octanol–water partition coefficient (Wildman–Crippen LogP) is 4.96. The second-order valence-corrected chi connectivity index (χ2v) is 25.7. The fourth-order valence-electron chi connectivity index (χ4n) is 6.95. The van der Waals surface area contributed by atoms with Gasteiger partial charge in [-0.05, 0) is 49.0 Å². The van der Waals surface area contributed by atoms with E-state index in [0.717, 1.165) is 0 Å². The molecule has 4 unspecified atom stereocenters. The third kappa shape index (κ3) is 9.79. The average molecular weight is 931 g/mol. The SMILES string of the molecule is C#C.Cc1nc2c(ncn2[C@@H]2O[C@H](CO)C(C)[C@@H]2OP(C)(=S)OC[C@H]2O[C@@H](n3cnc4c(NC(=O)c5ccccc5)ncnc43)[C@@H](O[Si](C)(C)C(C)(C)C)C2O[P+](=O)O)c(=O)[nH]1. The van der Waals surface area contributed by atoms with Crippen LogP contribution in [0, 0.1) is 25.7 Å². The van der Waals surface area contributed by atoms with Crippen LogP contribution in [-0.4, -0.2) is 114 Å². The minimum Gasteiger partial charge on any atom is -0.406 e. The summed E-state index contributed by atoms with van der Waals surface area (Å²) in [5.74, 6) is -0.252. The van der Waals surface area contributed by atoms with Crippen molar-refractivity contribution in [2.24, 2.45) is 5.92 Å². The summed E-state index contributed by atoms with van der Waals surface area (Å²) in [7, 11) is -5.82. The Morgan fingerprint density at radius 1 is 1.02 bits per heavy atom. The Morgan fingerprint density at radius 3 is 2.29 bits per heavy atom. The van der Waals surface area contributed by atoms with Gasteiger partial charge in [-0.25, -0.2) is 24.9 Å². The van der Waals surface area contributed by atoms with Crippen molar-refractivity contribution in [2.45, 2.75) is 95.7 Å². The van der Waals surface area contributed by atoms with Gasteiger partial charge >= 0.3 is 8.25 Å². The zero-order valence-corrected chi connectivity index (χ0v) is 38.9. The first-order valence-electron chi connectivity index (χ1n) is 19.4. The molecule has 0 spiro atoms. The summed E-state index contributed by atoms with van der Waals surface area (Å²) in [5, 5.41) is 12.7. The molecule has 0 saturated carbocycles. The van der Waals surface area contributed by atoms with Crippen LogP contribution in [0.2, 0.25) is 18.1 Å². The van der Waals surface area contributed by atoms with E-state index in [1.807, 2.05) is 20.0 Å².